The van der Waals surface area contributed by atoms with E-state index in [4.69, 9.17) is 21.1 Å². The van der Waals surface area contributed by atoms with Crippen LogP contribution in [0.2, 0.25) is 5.02 Å². The Morgan fingerprint density at radius 3 is 2.19 bits per heavy atom. The van der Waals surface area contributed by atoms with Crippen molar-refractivity contribution in [1.29, 1.82) is 0 Å². The van der Waals surface area contributed by atoms with Crippen molar-refractivity contribution in [2.45, 2.75) is 11.8 Å². The summed E-state index contributed by atoms with van der Waals surface area (Å²) in [6, 6.07) is 8.88. The van der Waals surface area contributed by atoms with Crippen LogP contribution in [-0.4, -0.2) is 42.3 Å². The molecule has 0 saturated carbocycles. The Morgan fingerprint density at radius 1 is 1.04 bits per heavy atom. The van der Waals surface area contributed by atoms with Crippen LogP contribution in [-0.2, 0) is 19.6 Å². The van der Waals surface area contributed by atoms with E-state index in [0.29, 0.717) is 17.1 Å². The highest BCUT2D eigenvalue weighted by molar-refractivity contribution is 7.92. The van der Waals surface area contributed by atoms with Gasteiger partial charge in [0.15, 0.2) is 0 Å². The number of aryl methyl sites for hydroxylation is 1. The van der Waals surface area contributed by atoms with Crippen LogP contribution >= 0.6 is 11.6 Å². The molecule has 0 N–H and O–H groups in total. The molecule has 9 heteroatoms. The first-order chi connectivity index (χ1) is 12.7. The third kappa shape index (κ3) is 4.45. The Hall–Kier alpha value is -2.45. The first-order valence-corrected chi connectivity index (χ1v) is 9.64. The highest BCUT2D eigenvalue weighted by Gasteiger charge is 2.28. The number of benzene rings is 2. The minimum atomic E-state index is -4.07. The highest BCUT2D eigenvalue weighted by atomic mass is 35.5. The van der Waals surface area contributed by atoms with Gasteiger partial charge in [-0.2, -0.15) is 0 Å². The molecule has 0 aliphatic carbocycles. The second-order valence-electron chi connectivity index (χ2n) is 5.54. The molecular weight excluding hydrogens is 394 g/mol. The van der Waals surface area contributed by atoms with Crippen molar-refractivity contribution in [3.8, 4) is 11.5 Å². The topological polar surface area (TPSA) is 82.1 Å². The quantitative estimate of drug-likeness (QED) is 0.649. The monoisotopic (exact) mass is 413 g/mol. The molecule has 0 bridgehead atoms. The molecule has 2 aromatic carbocycles. The lowest BCUT2D eigenvalue weighted by Gasteiger charge is -2.24. The predicted octanol–water partition coefficient (Wildman–Crippen LogP) is 3.03. The Bertz CT molecular complexity index is 945. The van der Waals surface area contributed by atoms with Crippen LogP contribution < -0.4 is 13.8 Å². The summed E-state index contributed by atoms with van der Waals surface area (Å²) >= 11 is 6.13. The van der Waals surface area contributed by atoms with E-state index < -0.39 is 22.5 Å². The van der Waals surface area contributed by atoms with Crippen molar-refractivity contribution < 1.29 is 27.4 Å². The number of rotatable bonds is 7. The van der Waals surface area contributed by atoms with E-state index in [0.717, 1.165) is 4.31 Å². The average Bonchev–Trinajstić information content (AvgIpc) is 2.65. The number of carbonyl (C=O) groups is 1. The number of carbonyl (C=O) groups excluding carboxylic acids is 1. The van der Waals surface area contributed by atoms with Crippen LogP contribution in [0.25, 0.3) is 0 Å². The molecule has 0 unspecified atom stereocenters. The van der Waals surface area contributed by atoms with E-state index in [2.05, 4.69) is 4.74 Å². The van der Waals surface area contributed by atoms with Crippen molar-refractivity contribution in [2.24, 2.45) is 0 Å². The van der Waals surface area contributed by atoms with Crippen molar-refractivity contribution in [3.05, 3.63) is 47.0 Å². The number of hydrogen-bond donors (Lipinski definition) is 0. The van der Waals surface area contributed by atoms with Gasteiger partial charge in [0.25, 0.3) is 10.0 Å². The Labute approximate surface area is 163 Å². The number of hydrogen-bond acceptors (Lipinski definition) is 6. The molecule has 0 atom stereocenters. The molecule has 146 valence electrons. The molecule has 0 aliphatic heterocycles. The molecule has 0 saturated heterocycles. The summed E-state index contributed by atoms with van der Waals surface area (Å²) in [5, 5.41) is 0.214. The second kappa shape index (κ2) is 8.49. The largest absolute Gasteiger partial charge is 0.496 e. The fourth-order valence-corrected chi connectivity index (χ4v) is 4.18. The fraction of sp³-hybridized carbons (Fsp3) is 0.278. The van der Waals surface area contributed by atoms with Crippen LogP contribution in [0.4, 0.5) is 5.69 Å². The van der Waals surface area contributed by atoms with Crippen molar-refractivity contribution >= 4 is 33.3 Å². The van der Waals surface area contributed by atoms with E-state index in [1.807, 2.05) is 0 Å². The average molecular weight is 414 g/mol. The van der Waals surface area contributed by atoms with Crippen LogP contribution in [0, 0.1) is 6.92 Å². The lowest BCUT2D eigenvalue weighted by Crippen LogP contribution is -2.36. The van der Waals surface area contributed by atoms with Gasteiger partial charge in [0.2, 0.25) is 0 Å². The number of ether oxygens (including phenoxy) is 3. The van der Waals surface area contributed by atoms with Gasteiger partial charge >= 0.3 is 5.97 Å². The molecule has 2 rings (SSSR count). The maximum Gasteiger partial charge on any atom is 0.326 e. The number of halogens is 1. The van der Waals surface area contributed by atoms with E-state index >= 15 is 0 Å². The first kappa shape index (κ1) is 20.9. The maximum absolute atomic E-state index is 13.2. The summed E-state index contributed by atoms with van der Waals surface area (Å²) in [7, 11) is 0.0684. The van der Waals surface area contributed by atoms with Gasteiger partial charge < -0.3 is 14.2 Å². The number of sulfonamides is 1. The summed E-state index contributed by atoms with van der Waals surface area (Å²) in [6.45, 7) is 1.22. The SMILES string of the molecule is COC(=O)CN(c1ccc(OC)c(Cl)c1)S(=O)(=O)c1ccc(OC)c(C)c1. The van der Waals surface area contributed by atoms with E-state index in [1.54, 1.807) is 13.0 Å². The van der Waals surface area contributed by atoms with Gasteiger partial charge in [-0.15, -0.1) is 0 Å². The van der Waals surface area contributed by atoms with Gasteiger partial charge in [-0.25, -0.2) is 8.42 Å². The zero-order chi connectivity index (χ0) is 20.2. The normalized spacial score (nSPS) is 11.0. The van der Waals surface area contributed by atoms with E-state index in [-0.39, 0.29) is 15.6 Å². The second-order valence-corrected chi connectivity index (χ2v) is 7.81. The smallest absolute Gasteiger partial charge is 0.326 e. The molecular formula is C18H20ClNO6S. The van der Waals surface area contributed by atoms with Gasteiger partial charge in [0.1, 0.15) is 18.0 Å². The van der Waals surface area contributed by atoms with Crippen molar-refractivity contribution in [3.63, 3.8) is 0 Å². The van der Waals surface area contributed by atoms with E-state index in [1.165, 1.54) is 51.7 Å². The zero-order valence-electron chi connectivity index (χ0n) is 15.4. The minimum absolute atomic E-state index is 0.0108. The molecule has 7 nitrogen and oxygen atoms in total. The third-order valence-electron chi connectivity index (χ3n) is 3.88. The molecule has 0 radical (unpaired) electrons. The van der Waals surface area contributed by atoms with Crippen molar-refractivity contribution in [2.75, 3.05) is 32.2 Å². The fourth-order valence-electron chi connectivity index (χ4n) is 2.45. The third-order valence-corrected chi connectivity index (χ3v) is 5.94. The molecule has 0 heterocycles. The lowest BCUT2D eigenvalue weighted by molar-refractivity contribution is -0.138. The summed E-state index contributed by atoms with van der Waals surface area (Å²) in [5.41, 5.74) is 0.851. The molecule has 0 spiro atoms. The Kier molecular flexibility index (Phi) is 6.56. The van der Waals surface area contributed by atoms with Crippen LogP contribution in [0.5, 0.6) is 11.5 Å². The number of esters is 1. The summed E-state index contributed by atoms with van der Waals surface area (Å²) < 4.78 is 42.2. The van der Waals surface area contributed by atoms with Crippen molar-refractivity contribution in [1.82, 2.24) is 0 Å². The Morgan fingerprint density at radius 2 is 1.67 bits per heavy atom. The number of anilines is 1. The van der Waals surface area contributed by atoms with Crippen LogP contribution in [0.15, 0.2) is 41.3 Å². The highest BCUT2D eigenvalue weighted by Crippen LogP contribution is 2.32. The molecule has 0 fully saturated rings. The molecule has 27 heavy (non-hydrogen) atoms. The summed E-state index contributed by atoms with van der Waals surface area (Å²) in [4.78, 5) is 11.9. The Balaban J connectivity index is 2.57. The predicted molar refractivity (Wildman–Crippen MR) is 102 cm³/mol. The first-order valence-electron chi connectivity index (χ1n) is 7.82. The maximum atomic E-state index is 13.2. The summed E-state index contributed by atoms with van der Waals surface area (Å²) in [6.07, 6.45) is 0. The van der Waals surface area contributed by atoms with Gasteiger partial charge in [-0.05, 0) is 48.9 Å². The molecule has 0 aromatic heterocycles. The molecule has 2 aromatic rings. The summed E-state index contributed by atoms with van der Waals surface area (Å²) in [5.74, 6) is 0.229. The van der Waals surface area contributed by atoms with E-state index in [9.17, 15) is 13.2 Å². The minimum Gasteiger partial charge on any atom is -0.496 e. The van der Waals surface area contributed by atoms with Crippen LogP contribution in [0.3, 0.4) is 0 Å². The molecule has 0 aliphatic rings. The van der Waals surface area contributed by atoms with Gasteiger partial charge in [-0.1, -0.05) is 11.6 Å². The number of nitrogens with zero attached hydrogens (tertiary/aromatic N) is 1. The zero-order valence-corrected chi connectivity index (χ0v) is 16.9. The number of methoxy groups -OCH3 is 3. The molecule has 0 amide bonds. The van der Waals surface area contributed by atoms with Gasteiger partial charge in [0, 0.05) is 0 Å². The lowest BCUT2D eigenvalue weighted by atomic mass is 10.2. The van der Waals surface area contributed by atoms with Crippen LogP contribution in [0.1, 0.15) is 5.56 Å². The van der Waals surface area contributed by atoms with Gasteiger partial charge in [-0.3, -0.25) is 9.10 Å². The standard InChI is InChI=1S/C18H20ClNO6S/c1-12-9-14(6-8-16(12)24-2)27(22,23)20(11-18(21)26-4)13-5-7-17(25-3)15(19)10-13/h5-10H,11H2,1-4H3. The van der Waals surface area contributed by atoms with Gasteiger partial charge in [0.05, 0.1) is 36.9 Å².